The number of aromatic nitrogens is 3. The SMILES string of the molecule is COC(C)(C)Cn1cnnc1Cl. The van der Waals surface area contributed by atoms with Crippen LogP contribution in [-0.2, 0) is 11.3 Å². The number of rotatable bonds is 3. The van der Waals surface area contributed by atoms with Gasteiger partial charge in [-0.2, -0.15) is 0 Å². The molecule has 0 spiro atoms. The largest absolute Gasteiger partial charge is 0.377 e. The van der Waals surface area contributed by atoms with Crippen LogP contribution in [0.4, 0.5) is 0 Å². The van der Waals surface area contributed by atoms with Gasteiger partial charge in [0.1, 0.15) is 6.33 Å². The van der Waals surface area contributed by atoms with Crippen LogP contribution in [0.2, 0.25) is 5.28 Å². The van der Waals surface area contributed by atoms with Gasteiger partial charge in [-0.1, -0.05) is 0 Å². The maximum Gasteiger partial charge on any atom is 0.224 e. The molecule has 0 aromatic carbocycles. The Bertz CT molecular complexity index is 259. The van der Waals surface area contributed by atoms with Crippen LogP contribution in [0.3, 0.4) is 0 Å². The molecule has 12 heavy (non-hydrogen) atoms. The highest BCUT2D eigenvalue weighted by Crippen LogP contribution is 2.13. The number of ether oxygens (including phenoxy) is 1. The van der Waals surface area contributed by atoms with Crippen LogP contribution < -0.4 is 0 Å². The predicted octanol–water partition coefficient (Wildman–Crippen LogP) is 1.36. The molecule has 0 amide bonds. The molecule has 0 radical (unpaired) electrons. The fourth-order valence-corrected chi connectivity index (χ4v) is 0.969. The summed E-state index contributed by atoms with van der Waals surface area (Å²) in [5.41, 5.74) is -0.244. The van der Waals surface area contributed by atoms with E-state index in [0.29, 0.717) is 11.8 Å². The minimum absolute atomic E-state index is 0.244. The van der Waals surface area contributed by atoms with E-state index in [2.05, 4.69) is 10.2 Å². The van der Waals surface area contributed by atoms with E-state index in [1.807, 2.05) is 13.8 Å². The van der Waals surface area contributed by atoms with Crippen LogP contribution in [0.25, 0.3) is 0 Å². The van der Waals surface area contributed by atoms with Crippen molar-refractivity contribution in [3.05, 3.63) is 11.6 Å². The lowest BCUT2D eigenvalue weighted by molar-refractivity contribution is 0.00812. The number of hydrogen-bond donors (Lipinski definition) is 0. The Morgan fingerprint density at radius 1 is 1.67 bits per heavy atom. The molecule has 0 N–H and O–H groups in total. The highest BCUT2D eigenvalue weighted by molar-refractivity contribution is 6.28. The Balaban J connectivity index is 2.70. The molecule has 0 aliphatic carbocycles. The van der Waals surface area contributed by atoms with Gasteiger partial charge in [0.05, 0.1) is 12.1 Å². The van der Waals surface area contributed by atoms with Crippen molar-refractivity contribution in [1.29, 1.82) is 0 Å². The highest BCUT2D eigenvalue weighted by atomic mass is 35.5. The number of nitrogens with zero attached hydrogens (tertiary/aromatic N) is 3. The predicted molar refractivity (Wildman–Crippen MR) is 46.1 cm³/mol. The molecule has 0 aliphatic heterocycles. The van der Waals surface area contributed by atoms with Crippen molar-refractivity contribution in [2.75, 3.05) is 7.11 Å². The summed E-state index contributed by atoms with van der Waals surface area (Å²) in [5, 5.41) is 7.71. The average Bonchev–Trinajstić information content (AvgIpc) is 2.36. The third-order valence-electron chi connectivity index (χ3n) is 1.67. The molecule has 68 valence electrons. The maximum absolute atomic E-state index is 5.74. The van der Waals surface area contributed by atoms with Gasteiger partial charge in [-0.3, -0.25) is 0 Å². The molecular formula is C7H12ClN3O. The zero-order chi connectivity index (χ0) is 9.19. The number of methoxy groups -OCH3 is 1. The van der Waals surface area contributed by atoms with E-state index in [9.17, 15) is 0 Å². The topological polar surface area (TPSA) is 39.9 Å². The summed E-state index contributed by atoms with van der Waals surface area (Å²) in [7, 11) is 1.66. The van der Waals surface area contributed by atoms with Gasteiger partial charge in [-0.25, -0.2) is 0 Å². The fraction of sp³-hybridized carbons (Fsp3) is 0.714. The first kappa shape index (κ1) is 9.48. The van der Waals surface area contributed by atoms with Crippen LogP contribution in [0.5, 0.6) is 0 Å². The lowest BCUT2D eigenvalue weighted by atomic mass is 10.1. The van der Waals surface area contributed by atoms with E-state index in [1.165, 1.54) is 0 Å². The molecule has 0 fully saturated rings. The highest BCUT2D eigenvalue weighted by Gasteiger charge is 2.18. The number of hydrogen-bond acceptors (Lipinski definition) is 3. The second-order valence-corrected chi connectivity index (χ2v) is 3.53. The van der Waals surface area contributed by atoms with Crippen LogP contribution in [-0.4, -0.2) is 27.5 Å². The standard InChI is InChI=1S/C7H12ClN3O/c1-7(2,12-3)4-11-5-9-10-6(11)8/h5H,4H2,1-3H3. The number of halogens is 1. The Kier molecular flexibility index (Phi) is 2.69. The molecule has 0 bridgehead atoms. The molecule has 1 rings (SSSR count). The summed E-state index contributed by atoms with van der Waals surface area (Å²) in [6, 6.07) is 0. The fourth-order valence-electron chi connectivity index (χ4n) is 0.822. The minimum atomic E-state index is -0.244. The van der Waals surface area contributed by atoms with E-state index >= 15 is 0 Å². The Morgan fingerprint density at radius 3 is 2.75 bits per heavy atom. The first-order valence-corrected chi connectivity index (χ1v) is 4.01. The molecule has 0 unspecified atom stereocenters. The zero-order valence-electron chi connectivity index (χ0n) is 7.41. The summed E-state index contributed by atoms with van der Waals surface area (Å²) in [5.74, 6) is 0. The van der Waals surface area contributed by atoms with Gasteiger partial charge in [0.15, 0.2) is 0 Å². The molecule has 5 heteroatoms. The molecule has 0 atom stereocenters. The monoisotopic (exact) mass is 189 g/mol. The lowest BCUT2D eigenvalue weighted by Crippen LogP contribution is -2.28. The van der Waals surface area contributed by atoms with E-state index in [1.54, 1.807) is 18.0 Å². The zero-order valence-corrected chi connectivity index (χ0v) is 8.17. The molecule has 0 saturated carbocycles. The van der Waals surface area contributed by atoms with E-state index in [0.717, 1.165) is 0 Å². The molecule has 4 nitrogen and oxygen atoms in total. The lowest BCUT2D eigenvalue weighted by Gasteiger charge is -2.22. The average molecular weight is 190 g/mol. The molecule has 0 aliphatic rings. The summed E-state index contributed by atoms with van der Waals surface area (Å²) in [6.07, 6.45) is 1.59. The molecule has 1 aromatic heterocycles. The van der Waals surface area contributed by atoms with Gasteiger partial charge in [0.2, 0.25) is 5.28 Å². The van der Waals surface area contributed by atoms with Crippen LogP contribution in [0.1, 0.15) is 13.8 Å². The van der Waals surface area contributed by atoms with Gasteiger partial charge in [-0.05, 0) is 25.4 Å². The summed E-state index contributed by atoms with van der Waals surface area (Å²) in [4.78, 5) is 0. The minimum Gasteiger partial charge on any atom is -0.377 e. The smallest absolute Gasteiger partial charge is 0.224 e. The molecule has 1 heterocycles. The van der Waals surface area contributed by atoms with E-state index in [-0.39, 0.29) is 5.60 Å². The van der Waals surface area contributed by atoms with Crippen molar-refractivity contribution in [1.82, 2.24) is 14.8 Å². The summed E-state index contributed by atoms with van der Waals surface area (Å²) < 4.78 is 6.97. The van der Waals surface area contributed by atoms with Crippen molar-refractivity contribution in [2.45, 2.75) is 26.0 Å². The van der Waals surface area contributed by atoms with Crippen LogP contribution in [0, 0.1) is 0 Å². The van der Waals surface area contributed by atoms with Crippen molar-refractivity contribution in [3.63, 3.8) is 0 Å². The first-order valence-electron chi connectivity index (χ1n) is 3.63. The van der Waals surface area contributed by atoms with Crippen molar-refractivity contribution in [2.24, 2.45) is 0 Å². The van der Waals surface area contributed by atoms with E-state index in [4.69, 9.17) is 16.3 Å². The third-order valence-corrected chi connectivity index (χ3v) is 1.96. The second-order valence-electron chi connectivity index (χ2n) is 3.19. The van der Waals surface area contributed by atoms with E-state index < -0.39 is 0 Å². The molecule has 1 aromatic rings. The third kappa shape index (κ3) is 2.19. The molecular weight excluding hydrogens is 178 g/mol. The Morgan fingerprint density at radius 2 is 2.33 bits per heavy atom. The van der Waals surface area contributed by atoms with Gasteiger partial charge in [-0.15, -0.1) is 10.2 Å². The van der Waals surface area contributed by atoms with Gasteiger partial charge in [0, 0.05) is 7.11 Å². The quantitative estimate of drug-likeness (QED) is 0.721. The van der Waals surface area contributed by atoms with Crippen molar-refractivity contribution in [3.8, 4) is 0 Å². The van der Waals surface area contributed by atoms with Crippen LogP contribution in [0.15, 0.2) is 6.33 Å². The Labute approximate surface area is 76.5 Å². The first-order chi connectivity index (χ1) is 5.55. The van der Waals surface area contributed by atoms with Gasteiger partial charge >= 0.3 is 0 Å². The van der Waals surface area contributed by atoms with Crippen LogP contribution >= 0.6 is 11.6 Å². The summed E-state index contributed by atoms with van der Waals surface area (Å²) >= 11 is 5.74. The normalized spacial score (nSPS) is 12.0. The van der Waals surface area contributed by atoms with Gasteiger partial charge < -0.3 is 9.30 Å². The van der Waals surface area contributed by atoms with Gasteiger partial charge in [0.25, 0.3) is 0 Å². The van der Waals surface area contributed by atoms with Crippen molar-refractivity contribution < 1.29 is 4.74 Å². The van der Waals surface area contributed by atoms with Crippen molar-refractivity contribution >= 4 is 11.6 Å². The second kappa shape index (κ2) is 3.41. The molecule has 0 saturated heterocycles. The maximum atomic E-state index is 5.74. The summed E-state index contributed by atoms with van der Waals surface area (Å²) in [6.45, 7) is 4.60. The Hall–Kier alpha value is -0.610.